The molecule has 0 saturated heterocycles. The summed E-state index contributed by atoms with van der Waals surface area (Å²) in [6.45, 7) is 19.1. The topological polar surface area (TPSA) is 47.9 Å². The van der Waals surface area contributed by atoms with Crippen molar-refractivity contribution in [3.63, 3.8) is 0 Å². The van der Waals surface area contributed by atoms with Crippen molar-refractivity contribution in [1.82, 2.24) is 0 Å². The van der Waals surface area contributed by atoms with E-state index in [2.05, 4.69) is 59.9 Å². The normalized spacial score (nSPS) is 41.2. The number of hydrogen-bond donors (Lipinski definition) is 1. The first-order chi connectivity index (χ1) is 15.8. The number of aliphatic hydroxyl groups excluding tert-OH is 1. The van der Waals surface area contributed by atoms with Gasteiger partial charge in [-0.1, -0.05) is 57.9 Å². The van der Waals surface area contributed by atoms with E-state index >= 15 is 0 Å². The Morgan fingerprint density at radius 2 is 1.82 bits per heavy atom. The van der Waals surface area contributed by atoms with Crippen molar-refractivity contribution in [3.8, 4) is 0 Å². The lowest BCUT2D eigenvalue weighted by Gasteiger charge is -2.59. The van der Waals surface area contributed by atoms with Crippen LogP contribution in [-0.4, -0.2) is 45.6 Å². The number of rotatable bonds is 6. The Morgan fingerprint density at radius 3 is 2.44 bits per heavy atom. The monoisotopic (exact) mass is 490 g/mol. The molecule has 0 aliphatic heterocycles. The number of aliphatic hydroxyl groups is 1. The zero-order valence-electron chi connectivity index (χ0n) is 23.2. The van der Waals surface area contributed by atoms with Gasteiger partial charge in [0.2, 0.25) is 0 Å². The van der Waals surface area contributed by atoms with Gasteiger partial charge >= 0.3 is 0 Å². The van der Waals surface area contributed by atoms with Gasteiger partial charge in [0, 0.05) is 12.5 Å². The minimum atomic E-state index is -1.97. The van der Waals surface area contributed by atoms with E-state index in [0.717, 1.165) is 19.3 Å². The van der Waals surface area contributed by atoms with Gasteiger partial charge in [-0.2, -0.15) is 0 Å². The highest BCUT2D eigenvalue weighted by Gasteiger charge is 2.60. The third-order valence-corrected chi connectivity index (χ3v) is 15.4. The molecular formula is C29H50O4Si. The molecule has 3 saturated carbocycles. The molecule has 0 heterocycles. The largest absolute Gasteiger partial charge is 0.413 e. The minimum Gasteiger partial charge on any atom is -0.413 e. The van der Waals surface area contributed by atoms with Crippen molar-refractivity contribution in [2.45, 2.75) is 117 Å². The van der Waals surface area contributed by atoms with E-state index in [1.807, 2.05) is 6.92 Å². The van der Waals surface area contributed by atoms with E-state index in [9.17, 15) is 5.11 Å². The second kappa shape index (κ2) is 9.13. The molecule has 0 radical (unpaired) electrons. The molecular weight excluding hydrogens is 440 g/mol. The summed E-state index contributed by atoms with van der Waals surface area (Å²) < 4.78 is 18.7. The Labute approximate surface area is 209 Å². The van der Waals surface area contributed by atoms with Crippen LogP contribution in [0, 0.1) is 28.6 Å². The molecule has 34 heavy (non-hydrogen) atoms. The summed E-state index contributed by atoms with van der Waals surface area (Å²) in [6, 6.07) is 0. The van der Waals surface area contributed by atoms with Crippen LogP contribution >= 0.6 is 0 Å². The van der Waals surface area contributed by atoms with Crippen LogP contribution in [-0.2, 0) is 13.9 Å². The van der Waals surface area contributed by atoms with E-state index in [-0.39, 0.29) is 34.2 Å². The van der Waals surface area contributed by atoms with Gasteiger partial charge in [0.25, 0.3) is 0 Å². The molecule has 1 N–H and O–H groups in total. The number of hydrogen-bond acceptors (Lipinski definition) is 4. The lowest BCUT2D eigenvalue weighted by Crippen LogP contribution is -2.57. The second-order valence-electron chi connectivity index (χ2n) is 13.7. The molecule has 0 unspecified atom stereocenters. The van der Waals surface area contributed by atoms with E-state index in [1.54, 1.807) is 12.7 Å². The van der Waals surface area contributed by atoms with Gasteiger partial charge in [-0.25, -0.2) is 0 Å². The highest BCUT2D eigenvalue weighted by Crippen LogP contribution is 2.66. The van der Waals surface area contributed by atoms with Gasteiger partial charge in [-0.15, -0.1) is 0 Å². The van der Waals surface area contributed by atoms with E-state index in [0.29, 0.717) is 24.5 Å². The molecule has 194 valence electrons. The Bertz CT molecular complexity index is 824. The fourth-order valence-electron chi connectivity index (χ4n) is 7.83. The molecule has 0 aromatic heterocycles. The molecule has 4 nitrogen and oxygen atoms in total. The van der Waals surface area contributed by atoms with E-state index in [4.69, 9.17) is 13.9 Å². The average molecular weight is 491 g/mol. The fourth-order valence-corrected chi connectivity index (χ4v) is 9.24. The summed E-state index contributed by atoms with van der Waals surface area (Å²) >= 11 is 0. The molecule has 0 aromatic carbocycles. The van der Waals surface area contributed by atoms with Gasteiger partial charge in [-0.05, 0) is 86.7 Å². The lowest BCUT2D eigenvalue weighted by molar-refractivity contribution is -0.114. The van der Waals surface area contributed by atoms with Crippen LogP contribution in [0.5, 0.6) is 0 Å². The van der Waals surface area contributed by atoms with Gasteiger partial charge in [0.1, 0.15) is 6.79 Å². The van der Waals surface area contributed by atoms with Crippen LogP contribution in [0.4, 0.5) is 0 Å². The molecule has 4 aliphatic rings. The van der Waals surface area contributed by atoms with Crippen LogP contribution in [0.1, 0.15) is 80.1 Å². The molecule has 0 bridgehead atoms. The molecule has 8 atom stereocenters. The van der Waals surface area contributed by atoms with Crippen molar-refractivity contribution in [1.29, 1.82) is 0 Å². The smallest absolute Gasteiger partial charge is 0.192 e. The van der Waals surface area contributed by atoms with Gasteiger partial charge in [0.15, 0.2) is 8.32 Å². The van der Waals surface area contributed by atoms with E-state index in [1.165, 1.54) is 24.8 Å². The van der Waals surface area contributed by atoms with Crippen LogP contribution in [0.3, 0.4) is 0 Å². The first-order valence-electron chi connectivity index (χ1n) is 13.6. The molecule has 5 heteroatoms. The van der Waals surface area contributed by atoms with Crippen LogP contribution in [0.15, 0.2) is 23.3 Å². The fraction of sp³-hybridized carbons (Fsp3) is 0.862. The summed E-state index contributed by atoms with van der Waals surface area (Å²) in [4.78, 5) is 0. The maximum absolute atomic E-state index is 10.6. The van der Waals surface area contributed by atoms with Crippen LogP contribution in [0.2, 0.25) is 18.1 Å². The predicted molar refractivity (Wildman–Crippen MR) is 141 cm³/mol. The average Bonchev–Trinajstić information content (AvgIpc) is 3.09. The maximum Gasteiger partial charge on any atom is 0.192 e. The Kier molecular flexibility index (Phi) is 7.14. The summed E-state index contributed by atoms with van der Waals surface area (Å²) in [5, 5.41) is 10.7. The van der Waals surface area contributed by atoms with Crippen LogP contribution < -0.4 is 0 Å². The first kappa shape index (κ1) is 26.6. The van der Waals surface area contributed by atoms with Crippen molar-refractivity contribution in [2.75, 3.05) is 13.9 Å². The highest BCUT2D eigenvalue weighted by atomic mass is 28.4. The molecule has 3 fully saturated rings. The van der Waals surface area contributed by atoms with Crippen molar-refractivity contribution in [2.24, 2.45) is 28.6 Å². The Hall–Kier alpha value is -0.463. The number of fused-ring (bicyclic) bond motifs is 5. The lowest BCUT2D eigenvalue weighted by atomic mass is 9.49. The first-order valence-corrected chi connectivity index (χ1v) is 16.5. The summed E-state index contributed by atoms with van der Waals surface area (Å²) in [6.07, 6.45) is 11.6. The van der Waals surface area contributed by atoms with Crippen LogP contribution in [0.25, 0.3) is 0 Å². The van der Waals surface area contributed by atoms with Crippen molar-refractivity contribution >= 4 is 8.32 Å². The summed E-state index contributed by atoms with van der Waals surface area (Å²) in [5.74, 6) is 1.52. The SMILES string of the molecule is COCO[C@@H]1CC2=CC=C3[C@@H]4CC[C@H]([C@H](C)O)[C@@]4(C)CC[C@@H]3[C@@]2(C)[C@@H](O[Si](C)(C)C(C)(C)C)C1. The van der Waals surface area contributed by atoms with Gasteiger partial charge < -0.3 is 19.0 Å². The maximum atomic E-state index is 10.6. The second-order valence-corrected chi connectivity index (χ2v) is 18.5. The zero-order valence-corrected chi connectivity index (χ0v) is 24.2. The van der Waals surface area contributed by atoms with Gasteiger partial charge in [0.05, 0.1) is 18.3 Å². The number of allylic oxidation sites excluding steroid dienone is 3. The summed E-state index contributed by atoms with van der Waals surface area (Å²) in [7, 11) is -0.266. The summed E-state index contributed by atoms with van der Waals surface area (Å²) in [5.41, 5.74) is 3.37. The minimum absolute atomic E-state index is 0.0107. The third kappa shape index (κ3) is 4.21. The Morgan fingerprint density at radius 1 is 1.12 bits per heavy atom. The molecule has 4 rings (SSSR count). The highest BCUT2D eigenvalue weighted by molar-refractivity contribution is 6.74. The Balaban J connectivity index is 1.71. The standard InChI is InChI=1S/C29H50O4Si/c1-19(30)23-12-13-24-22-11-10-20-16-21(32-18-31-7)17-26(33-34(8,9)27(2,3)4)29(20,6)25(22)14-15-28(23,24)5/h10-11,19,21,23-26,30H,12-18H2,1-9H3/t19-,21+,23+,24-,25-,26-,28+,29-/m0/s1. The zero-order chi connectivity index (χ0) is 25.1. The predicted octanol–water partition coefficient (Wildman–Crippen LogP) is 6.86. The number of methoxy groups -OCH3 is 1. The molecule has 0 amide bonds. The molecule has 4 aliphatic carbocycles. The quantitative estimate of drug-likeness (QED) is 0.326. The van der Waals surface area contributed by atoms with Crippen molar-refractivity contribution in [3.05, 3.63) is 23.3 Å². The van der Waals surface area contributed by atoms with Crippen molar-refractivity contribution < 1.29 is 19.0 Å². The molecule has 0 spiro atoms. The van der Waals surface area contributed by atoms with Gasteiger partial charge in [-0.3, -0.25) is 0 Å². The third-order valence-electron chi connectivity index (χ3n) is 10.9. The molecule has 0 aromatic rings. The van der Waals surface area contributed by atoms with E-state index < -0.39 is 8.32 Å². The number of ether oxygens (including phenoxy) is 2.